The van der Waals surface area contributed by atoms with Gasteiger partial charge < -0.3 is 0 Å². The molecule has 7 atom stereocenters. The van der Waals surface area contributed by atoms with Crippen LogP contribution in [0.15, 0.2) is 0 Å². The normalized spacial score (nSPS) is 57.9. The molecule has 1 nitrogen and oxygen atoms in total. The average molecular weight is 432 g/mol. The van der Waals surface area contributed by atoms with E-state index in [0.29, 0.717) is 17.1 Å². The maximum absolute atomic E-state index is 13.1. The van der Waals surface area contributed by atoms with Crippen molar-refractivity contribution in [3.8, 4) is 0 Å². The molecular formula is C19H28Br2O. The molecule has 0 radical (unpaired) electrons. The molecule has 0 bridgehead atoms. The minimum absolute atomic E-state index is 0.0625. The fraction of sp³-hybridized carbons (Fsp3) is 0.947. The molecule has 0 aromatic carbocycles. The van der Waals surface area contributed by atoms with E-state index in [1.165, 1.54) is 51.4 Å². The van der Waals surface area contributed by atoms with Crippen molar-refractivity contribution >= 4 is 37.6 Å². The fourth-order valence-electron chi connectivity index (χ4n) is 6.99. The molecule has 0 aliphatic heterocycles. The number of hydrogen-bond donors (Lipinski definition) is 0. The number of carbonyl (C=O) groups is 1. The lowest BCUT2D eigenvalue weighted by atomic mass is 9.45. The van der Waals surface area contributed by atoms with E-state index in [-0.39, 0.29) is 14.6 Å². The highest BCUT2D eigenvalue weighted by Gasteiger charge is 2.69. The van der Waals surface area contributed by atoms with Gasteiger partial charge in [-0.3, -0.25) is 4.79 Å². The van der Waals surface area contributed by atoms with Gasteiger partial charge in [-0.05, 0) is 73.5 Å². The largest absolute Gasteiger partial charge is 0.297 e. The lowest BCUT2D eigenvalue weighted by Crippen LogP contribution is -2.60. The van der Waals surface area contributed by atoms with Crippen molar-refractivity contribution in [1.82, 2.24) is 0 Å². The zero-order chi connectivity index (χ0) is 15.8. The van der Waals surface area contributed by atoms with Crippen molar-refractivity contribution in [2.45, 2.75) is 80.8 Å². The summed E-state index contributed by atoms with van der Waals surface area (Å²) in [4.78, 5) is 13.2. The molecule has 2 unspecified atom stereocenters. The fourth-order valence-corrected chi connectivity index (χ4v) is 9.56. The Bertz CT molecular complexity index is 506. The lowest BCUT2D eigenvalue weighted by molar-refractivity contribution is -0.131. The van der Waals surface area contributed by atoms with Gasteiger partial charge in [-0.1, -0.05) is 58.5 Å². The molecule has 0 aromatic heterocycles. The van der Waals surface area contributed by atoms with Crippen LogP contribution in [0.2, 0.25) is 0 Å². The molecule has 4 saturated carbocycles. The third-order valence-electron chi connectivity index (χ3n) is 8.28. The molecule has 0 saturated heterocycles. The highest BCUT2D eigenvalue weighted by Crippen LogP contribution is 2.69. The highest BCUT2D eigenvalue weighted by atomic mass is 79.9. The van der Waals surface area contributed by atoms with Crippen LogP contribution >= 0.6 is 31.9 Å². The van der Waals surface area contributed by atoms with Crippen LogP contribution < -0.4 is 0 Å². The second kappa shape index (κ2) is 5.07. The summed E-state index contributed by atoms with van der Waals surface area (Å²) in [5, 5.41) is 0. The van der Waals surface area contributed by atoms with Crippen LogP contribution in [0.25, 0.3) is 0 Å². The summed E-state index contributed by atoms with van der Waals surface area (Å²) in [5.74, 6) is 2.67. The maximum atomic E-state index is 13.1. The van der Waals surface area contributed by atoms with E-state index in [4.69, 9.17) is 0 Å². The molecule has 0 N–H and O–H groups in total. The van der Waals surface area contributed by atoms with Crippen molar-refractivity contribution in [1.29, 1.82) is 0 Å². The first-order valence-corrected chi connectivity index (χ1v) is 10.9. The van der Waals surface area contributed by atoms with Gasteiger partial charge in [0.1, 0.15) is 0 Å². The highest BCUT2D eigenvalue weighted by molar-refractivity contribution is 9.11. The van der Waals surface area contributed by atoms with Gasteiger partial charge in [0.15, 0.2) is 5.78 Å². The Morgan fingerprint density at radius 2 is 1.77 bits per heavy atom. The summed E-state index contributed by atoms with van der Waals surface area (Å²) in [5.41, 5.74) is 0.644. The summed E-state index contributed by atoms with van der Waals surface area (Å²) in [7, 11) is 0. The average Bonchev–Trinajstić information content (AvgIpc) is 2.66. The molecule has 0 amide bonds. The van der Waals surface area contributed by atoms with E-state index in [9.17, 15) is 4.79 Å². The van der Waals surface area contributed by atoms with Crippen LogP contribution in [0.1, 0.15) is 71.6 Å². The van der Waals surface area contributed by atoms with Gasteiger partial charge in [0.05, 0.1) is 9.15 Å². The van der Waals surface area contributed by atoms with Gasteiger partial charge in [0, 0.05) is 0 Å². The first kappa shape index (κ1) is 16.1. The molecule has 4 fully saturated rings. The Morgan fingerprint density at radius 1 is 1.00 bits per heavy atom. The molecule has 4 aliphatic rings. The summed E-state index contributed by atoms with van der Waals surface area (Å²) in [6.07, 6.45) is 11.8. The first-order valence-electron chi connectivity index (χ1n) is 9.20. The SMILES string of the molecule is C[C@]12CCCC[C@@H]1CC[C@@H]1[C@@H]2CC[C@]2(C)CC(Br)C(=O)C12Br. The maximum Gasteiger partial charge on any atom is 0.163 e. The summed E-state index contributed by atoms with van der Waals surface area (Å²) < 4.78 is -0.261. The molecular weight excluding hydrogens is 404 g/mol. The number of alkyl halides is 2. The van der Waals surface area contributed by atoms with Crippen molar-refractivity contribution < 1.29 is 4.79 Å². The number of carbonyl (C=O) groups excluding carboxylic acids is 1. The lowest BCUT2D eigenvalue weighted by Gasteiger charge is -2.62. The Morgan fingerprint density at radius 3 is 2.55 bits per heavy atom. The molecule has 4 rings (SSSR count). The predicted molar refractivity (Wildman–Crippen MR) is 97.6 cm³/mol. The van der Waals surface area contributed by atoms with Gasteiger partial charge >= 0.3 is 0 Å². The summed E-state index contributed by atoms with van der Waals surface area (Å²) >= 11 is 7.77. The molecule has 22 heavy (non-hydrogen) atoms. The Hall–Kier alpha value is 0.630. The number of hydrogen-bond acceptors (Lipinski definition) is 1. The van der Waals surface area contributed by atoms with Gasteiger partial charge in [-0.25, -0.2) is 0 Å². The van der Waals surface area contributed by atoms with Crippen LogP contribution in [0.4, 0.5) is 0 Å². The number of rotatable bonds is 0. The number of ketones is 1. The second-order valence-electron chi connectivity index (χ2n) is 9.09. The quantitative estimate of drug-likeness (QED) is 0.437. The van der Waals surface area contributed by atoms with E-state index >= 15 is 0 Å². The smallest absolute Gasteiger partial charge is 0.163 e. The number of halogens is 2. The minimum Gasteiger partial charge on any atom is -0.297 e. The molecule has 0 spiro atoms. The van der Waals surface area contributed by atoms with Crippen LogP contribution in [0.3, 0.4) is 0 Å². The zero-order valence-corrected chi connectivity index (χ0v) is 17.0. The Labute approximate surface area is 151 Å². The van der Waals surface area contributed by atoms with Crippen LogP contribution in [-0.4, -0.2) is 14.9 Å². The second-order valence-corrected chi connectivity index (χ2v) is 11.4. The van der Waals surface area contributed by atoms with Gasteiger partial charge in [-0.2, -0.15) is 0 Å². The number of Topliss-reactive ketones (excluding diaryl/α,β-unsaturated/α-hetero) is 1. The van der Waals surface area contributed by atoms with E-state index in [1.807, 2.05) is 0 Å². The number of fused-ring (bicyclic) bond motifs is 5. The molecule has 0 heterocycles. The topological polar surface area (TPSA) is 17.1 Å². The van der Waals surface area contributed by atoms with E-state index in [0.717, 1.165) is 18.3 Å². The Kier molecular flexibility index (Phi) is 3.71. The van der Waals surface area contributed by atoms with Crippen LogP contribution in [-0.2, 0) is 4.79 Å². The predicted octanol–water partition coefficient (Wildman–Crippen LogP) is 5.88. The third-order valence-corrected chi connectivity index (χ3v) is 11.0. The standard InChI is InChI=1S/C19H28Br2O/c1-17-10-8-13-14(19(17,21)16(22)15(20)11-17)7-6-12-5-3-4-9-18(12,13)2/h12-15H,3-11H2,1-2H3/t12-,13+,14-,15?,17-,18+,19?/m1/s1. The van der Waals surface area contributed by atoms with Gasteiger partial charge in [0.2, 0.25) is 0 Å². The van der Waals surface area contributed by atoms with Crippen molar-refractivity contribution in [2.24, 2.45) is 28.6 Å². The zero-order valence-electron chi connectivity index (χ0n) is 13.8. The summed E-state index contributed by atoms with van der Waals surface area (Å²) in [6, 6.07) is 0. The molecule has 3 heteroatoms. The third kappa shape index (κ3) is 1.85. The van der Waals surface area contributed by atoms with Crippen molar-refractivity contribution in [3.05, 3.63) is 0 Å². The van der Waals surface area contributed by atoms with E-state index in [2.05, 4.69) is 45.7 Å². The summed E-state index contributed by atoms with van der Waals surface area (Å²) in [6.45, 7) is 4.93. The molecule has 0 aromatic rings. The van der Waals surface area contributed by atoms with Crippen LogP contribution in [0.5, 0.6) is 0 Å². The minimum atomic E-state index is -0.261. The van der Waals surface area contributed by atoms with E-state index in [1.54, 1.807) is 0 Å². The van der Waals surface area contributed by atoms with Gasteiger partial charge in [-0.15, -0.1) is 0 Å². The van der Waals surface area contributed by atoms with Crippen molar-refractivity contribution in [2.75, 3.05) is 0 Å². The van der Waals surface area contributed by atoms with Gasteiger partial charge in [0.25, 0.3) is 0 Å². The molecule has 4 aliphatic carbocycles. The van der Waals surface area contributed by atoms with E-state index < -0.39 is 0 Å². The Balaban J connectivity index is 1.75. The van der Waals surface area contributed by atoms with Crippen molar-refractivity contribution in [3.63, 3.8) is 0 Å². The monoisotopic (exact) mass is 430 g/mol. The van der Waals surface area contributed by atoms with Crippen LogP contribution in [0, 0.1) is 28.6 Å². The molecule has 124 valence electrons. The first-order chi connectivity index (χ1) is 10.3.